The fourth-order valence-corrected chi connectivity index (χ4v) is 4.95. The van der Waals surface area contributed by atoms with Gasteiger partial charge in [-0.3, -0.25) is 4.79 Å². The number of urea groups is 1. The first-order chi connectivity index (χ1) is 16.1. The first-order valence-electron chi connectivity index (χ1n) is 11.3. The summed E-state index contributed by atoms with van der Waals surface area (Å²) in [5, 5.41) is 7.09. The van der Waals surface area contributed by atoms with Gasteiger partial charge in [-0.25, -0.2) is 19.7 Å². The summed E-state index contributed by atoms with van der Waals surface area (Å²) < 4.78 is 5.46. The zero-order chi connectivity index (χ0) is 22.4. The molecule has 3 N–H and O–H groups in total. The number of rotatable bonds is 3. The molecule has 170 valence electrons. The number of aromatic amines is 1. The van der Waals surface area contributed by atoms with Crippen LogP contribution in [-0.4, -0.2) is 71.8 Å². The zero-order valence-electron chi connectivity index (χ0n) is 18.1. The number of hydrogen-bond donors (Lipinski definition) is 3. The van der Waals surface area contributed by atoms with E-state index in [4.69, 9.17) is 4.74 Å². The van der Waals surface area contributed by atoms with Crippen molar-refractivity contribution in [2.45, 2.75) is 18.4 Å². The molecule has 33 heavy (non-hydrogen) atoms. The van der Waals surface area contributed by atoms with Gasteiger partial charge in [0.15, 0.2) is 0 Å². The molecule has 3 fully saturated rings. The van der Waals surface area contributed by atoms with Crippen LogP contribution < -0.4 is 20.4 Å². The Labute approximate surface area is 190 Å². The van der Waals surface area contributed by atoms with E-state index < -0.39 is 5.54 Å². The van der Waals surface area contributed by atoms with Gasteiger partial charge in [0, 0.05) is 25.3 Å². The van der Waals surface area contributed by atoms with Crippen molar-refractivity contribution in [1.82, 2.24) is 25.6 Å². The Hall–Kier alpha value is -3.50. The predicted octanol–water partition coefficient (Wildman–Crippen LogP) is 1.64. The highest BCUT2D eigenvalue weighted by Gasteiger charge is 2.52. The summed E-state index contributed by atoms with van der Waals surface area (Å²) in [7, 11) is 0. The molecule has 0 radical (unpaired) electrons. The maximum absolute atomic E-state index is 13.1. The van der Waals surface area contributed by atoms with Crippen molar-refractivity contribution in [2.24, 2.45) is 0 Å². The minimum atomic E-state index is -0.834. The molecule has 3 amide bonds. The second-order valence-electron chi connectivity index (χ2n) is 8.72. The number of amides is 3. The first-order valence-corrected chi connectivity index (χ1v) is 11.3. The molecule has 1 aromatic carbocycles. The Morgan fingerprint density at radius 2 is 1.88 bits per heavy atom. The lowest BCUT2D eigenvalue weighted by molar-refractivity contribution is -0.122. The molecular weight excluding hydrogens is 422 g/mol. The summed E-state index contributed by atoms with van der Waals surface area (Å²) in [5.41, 5.74) is 2.34. The molecule has 3 aliphatic heterocycles. The summed E-state index contributed by atoms with van der Waals surface area (Å²) in [4.78, 5) is 41.5. The van der Waals surface area contributed by atoms with Gasteiger partial charge in [-0.1, -0.05) is 12.1 Å². The fraction of sp³-hybridized carbons (Fsp3) is 0.391. The van der Waals surface area contributed by atoms with E-state index >= 15 is 0 Å². The highest BCUT2D eigenvalue weighted by Crippen LogP contribution is 2.32. The van der Waals surface area contributed by atoms with E-state index in [9.17, 15) is 9.59 Å². The number of nitrogens with zero attached hydrogens (tertiary/aromatic N) is 4. The van der Waals surface area contributed by atoms with Gasteiger partial charge in [0.25, 0.3) is 5.91 Å². The number of anilines is 2. The number of piperidine rings is 1. The summed E-state index contributed by atoms with van der Waals surface area (Å²) in [6.45, 7) is 4.29. The summed E-state index contributed by atoms with van der Waals surface area (Å²) in [6, 6.07) is 9.11. The fourth-order valence-electron chi connectivity index (χ4n) is 4.95. The Morgan fingerprint density at radius 1 is 1.06 bits per heavy atom. The topological polar surface area (TPSA) is 115 Å². The Kier molecular flexibility index (Phi) is 4.77. The molecule has 1 atom stereocenters. The normalized spacial score (nSPS) is 23.5. The molecule has 2 aromatic heterocycles. The van der Waals surface area contributed by atoms with Gasteiger partial charge in [0.2, 0.25) is 0 Å². The van der Waals surface area contributed by atoms with Crippen LogP contribution in [0.2, 0.25) is 0 Å². The average Bonchev–Trinajstić information content (AvgIpc) is 3.39. The van der Waals surface area contributed by atoms with Crippen LogP contribution in [0.15, 0.2) is 36.7 Å². The lowest BCUT2D eigenvalue weighted by Gasteiger charge is -2.31. The lowest BCUT2D eigenvalue weighted by Crippen LogP contribution is -2.57. The number of ether oxygens (including phenoxy) is 1. The molecule has 0 bridgehead atoms. The molecule has 1 spiro atoms. The van der Waals surface area contributed by atoms with E-state index in [1.807, 2.05) is 30.3 Å². The second kappa shape index (κ2) is 7.82. The van der Waals surface area contributed by atoms with Gasteiger partial charge >= 0.3 is 6.03 Å². The van der Waals surface area contributed by atoms with Crippen LogP contribution in [0.3, 0.4) is 0 Å². The third-order valence-electron chi connectivity index (χ3n) is 6.70. The Balaban J connectivity index is 1.28. The number of fused-ring (bicyclic) bond motifs is 1. The Bertz CT molecular complexity index is 1210. The van der Waals surface area contributed by atoms with Crippen LogP contribution in [0.4, 0.5) is 16.3 Å². The molecule has 10 heteroatoms. The predicted molar refractivity (Wildman–Crippen MR) is 123 cm³/mol. The number of morpholine rings is 1. The van der Waals surface area contributed by atoms with Gasteiger partial charge in [-0.15, -0.1) is 0 Å². The summed E-state index contributed by atoms with van der Waals surface area (Å²) in [5.74, 6) is 0.705. The van der Waals surface area contributed by atoms with E-state index in [-0.39, 0.29) is 11.9 Å². The quantitative estimate of drug-likeness (QED) is 0.523. The SMILES string of the molecule is O=C1NC2(CCCNC2)C(=O)N1c1ccc(-c2cc3c(N4CCOCC4)ncnc3[nH]2)cc1. The maximum Gasteiger partial charge on any atom is 0.329 e. The second-order valence-corrected chi connectivity index (χ2v) is 8.72. The molecule has 1 unspecified atom stereocenters. The smallest absolute Gasteiger partial charge is 0.329 e. The molecule has 3 aliphatic rings. The minimum Gasteiger partial charge on any atom is -0.378 e. The van der Waals surface area contributed by atoms with Crippen LogP contribution in [0.25, 0.3) is 22.3 Å². The number of nitrogens with one attached hydrogen (secondary N) is 3. The maximum atomic E-state index is 13.1. The van der Waals surface area contributed by atoms with Crippen molar-refractivity contribution in [3.05, 3.63) is 36.7 Å². The number of aromatic nitrogens is 3. The molecule has 5 heterocycles. The molecule has 6 rings (SSSR count). The van der Waals surface area contributed by atoms with Crippen LogP contribution in [0, 0.1) is 0 Å². The van der Waals surface area contributed by atoms with E-state index in [0.717, 1.165) is 54.2 Å². The lowest BCUT2D eigenvalue weighted by atomic mass is 9.90. The largest absolute Gasteiger partial charge is 0.378 e. The van der Waals surface area contributed by atoms with Crippen molar-refractivity contribution < 1.29 is 14.3 Å². The minimum absolute atomic E-state index is 0.191. The van der Waals surface area contributed by atoms with E-state index in [1.165, 1.54) is 4.90 Å². The molecule has 3 aromatic rings. The molecule has 10 nitrogen and oxygen atoms in total. The number of hydrogen-bond acceptors (Lipinski definition) is 7. The van der Waals surface area contributed by atoms with Crippen molar-refractivity contribution in [2.75, 3.05) is 49.2 Å². The zero-order valence-corrected chi connectivity index (χ0v) is 18.1. The van der Waals surface area contributed by atoms with Crippen LogP contribution in [0.1, 0.15) is 12.8 Å². The van der Waals surface area contributed by atoms with E-state index in [0.29, 0.717) is 31.9 Å². The van der Waals surface area contributed by atoms with E-state index in [1.54, 1.807) is 6.33 Å². The molecule has 0 aliphatic carbocycles. The average molecular weight is 447 g/mol. The van der Waals surface area contributed by atoms with Crippen molar-refractivity contribution in [3.8, 4) is 11.3 Å². The van der Waals surface area contributed by atoms with Crippen LogP contribution >= 0.6 is 0 Å². The third kappa shape index (κ3) is 3.33. The van der Waals surface area contributed by atoms with Crippen LogP contribution in [0.5, 0.6) is 0 Å². The number of H-pyrrole nitrogens is 1. The molecule has 3 saturated heterocycles. The molecular formula is C23H25N7O3. The highest BCUT2D eigenvalue weighted by molar-refractivity contribution is 6.23. The summed E-state index contributed by atoms with van der Waals surface area (Å²) >= 11 is 0. The number of carbonyl (C=O) groups excluding carboxylic acids is 2. The van der Waals surface area contributed by atoms with Crippen LogP contribution in [-0.2, 0) is 9.53 Å². The number of carbonyl (C=O) groups is 2. The third-order valence-corrected chi connectivity index (χ3v) is 6.70. The number of benzene rings is 1. The van der Waals surface area contributed by atoms with Crippen molar-refractivity contribution in [3.63, 3.8) is 0 Å². The standard InChI is InChI=1S/C23H25N7O3/c31-21-23(6-1-7-24-13-23)28-22(32)30(21)16-4-2-15(3-5-16)18-12-17-19(27-18)25-14-26-20(17)29-8-10-33-11-9-29/h2-5,12,14,24H,1,6-11,13H2,(H,28,32)(H,25,26,27). The van der Waals surface area contributed by atoms with Crippen molar-refractivity contribution >= 4 is 34.5 Å². The van der Waals surface area contributed by atoms with E-state index in [2.05, 4.69) is 30.5 Å². The first kappa shape index (κ1) is 20.1. The van der Waals surface area contributed by atoms with Gasteiger partial charge in [0.05, 0.1) is 24.3 Å². The number of imide groups is 1. The highest BCUT2D eigenvalue weighted by atomic mass is 16.5. The van der Waals surface area contributed by atoms with Gasteiger partial charge in [-0.05, 0) is 43.1 Å². The van der Waals surface area contributed by atoms with Gasteiger partial charge < -0.3 is 25.3 Å². The van der Waals surface area contributed by atoms with Gasteiger partial charge in [-0.2, -0.15) is 0 Å². The monoisotopic (exact) mass is 447 g/mol. The van der Waals surface area contributed by atoms with Gasteiger partial charge in [0.1, 0.15) is 23.3 Å². The summed E-state index contributed by atoms with van der Waals surface area (Å²) in [6.07, 6.45) is 3.08. The Morgan fingerprint density at radius 3 is 2.64 bits per heavy atom. The molecule has 0 saturated carbocycles. The van der Waals surface area contributed by atoms with Crippen molar-refractivity contribution in [1.29, 1.82) is 0 Å².